The van der Waals surface area contributed by atoms with Crippen LogP contribution in [0.15, 0.2) is 30.3 Å². The first kappa shape index (κ1) is 17.6. The summed E-state index contributed by atoms with van der Waals surface area (Å²) >= 11 is 0. The molecule has 118 valence electrons. The van der Waals surface area contributed by atoms with E-state index in [-0.39, 0.29) is 25.0 Å². The Morgan fingerprint density at radius 2 is 2.05 bits per heavy atom. The van der Waals surface area contributed by atoms with Gasteiger partial charge in [0.25, 0.3) is 0 Å². The molecule has 1 amide bonds. The van der Waals surface area contributed by atoms with Crippen LogP contribution in [0.3, 0.4) is 0 Å². The van der Waals surface area contributed by atoms with Crippen LogP contribution in [-0.4, -0.2) is 62.4 Å². The van der Waals surface area contributed by atoms with Crippen molar-refractivity contribution in [2.75, 3.05) is 46.5 Å². The van der Waals surface area contributed by atoms with Crippen molar-refractivity contribution in [3.63, 3.8) is 0 Å². The lowest BCUT2D eigenvalue weighted by Gasteiger charge is -2.21. The molecule has 0 aliphatic heterocycles. The van der Waals surface area contributed by atoms with Gasteiger partial charge in [0, 0.05) is 26.7 Å². The molecular weight excluding hydrogens is 268 g/mol. The lowest BCUT2D eigenvalue weighted by Crippen LogP contribution is -2.41. The number of hydrogen-bond acceptors (Lipinski definition) is 4. The minimum absolute atomic E-state index is 0.0256. The molecule has 21 heavy (non-hydrogen) atoms. The van der Waals surface area contributed by atoms with Crippen molar-refractivity contribution in [2.45, 2.75) is 12.8 Å². The minimum Gasteiger partial charge on any atom is -0.395 e. The highest BCUT2D eigenvalue weighted by atomic mass is 16.5. The van der Waals surface area contributed by atoms with Gasteiger partial charge in [-0.05, 0) is 11.5 Å². The molecule has 0 radical (unpaired) electrons. The zero-order chi connectivity index (χ0) is 15.5. The molecule has 1 atom stereocenters. The van der Waals surface area contributed by atoms with Crippen LogP contribution in [0, 0.1) is 0 Å². The van der Waals surface area contributed by atoms with Crippen molar-refractivity contribution < 1.29 is 14.6 Å². The smallest absolute Gasteiger partial charge is 0.234 e. The van der Waals surface area contributed by atoms with E-state index in [0.29, 0.717) is 26.2 Å². The Balaban J connectivity index is 2.34. The highest BCUT2D eigenvalue weighted by Crippen LogP contribution is 2.12. The molecule has 1 aromatic rings. The largest absolute Gasteiger partial charge is 0.395 e. The molecule has 0 saturated carbocycles. The van der Waals surface area contributed by atoms with Gasteiger partial charge in [-0.1, -0.05) is 37.3 Å². The minimum atomic E-state index is -0.0256. The van der Waals surface area contributed by atoms with Crippen LogP contribution in [0.1, 0.15) is 18.4 Å². The monoisotopic (exact) mass is 294 g/mol. The number of aliphatic hydroxyl groups is 1. The van der Waals surface area contributed by atoms with Gasteiger partial charge in [0.15, 0.2) is 0 Å². The summed E-state index contributed by atoms with van der Waals surface area (Å²) in [5.41, 5.74) is 1.21. The van der Waals surface area contributed by atoms with Crippen molar-refractivity contribution >= 4 is 5.91 Å². The van der Waals surface area contributed by atoms with Crippen LogP contribution >= 0.6 is 0 Å². The summed E-state index contributed by atoms with van der Waals surface area (Å²) in [6.07, 6.45) is 0. The molecule has 1 unspecified atom stereocenters. The fourth-order valence-corrected chi connectivity index (χ4v) is 2.06. The van der Waals surface area contributed by atoms with Gasteiger partial charge in [0.05, 0.1) is 19.8 Å². The summed E-state index contributed by atoms with van der Waals surface area (Å²) in [6, 6.07) is 10.1. The molecule has 0 spiro atoms. The Hall–Kier alpha value is -1.43. The van der Waals surface area contributed by atoms with E-state index >= 15 is 0 Å². The van der Waals surface area contributed by atoms with Crippen LogP contribution < -0.4 is 5.32 Å². The second kappa shape index (κ2) is 10.3. The number of carbonyl (C=O) groups excluding carboxylic acids is 1. The third kappa shape index (κ3) is 7.22. The van der Waals surface area contributed by atoms with E-state index in [4.69, 9.17) is 9.84 Å². The van der Waals surface area contributed by atoms with Crippen molar-refractivity contribution in [1.29, 1.82) is 0 Å². The first-order chi connectivity index (χ1) is 10.2. The zero-order valence-corrected chi connectivity index (χ0v) is 12.9. The maximum atomic E-state index is 12.0. The second-order valence-electron chi connectivity index (χ2n) is 5.11. The maximum absolute atomic E-state index is 12.0. The average Bonchev–Trinajstić information content (AvgIpc) is 2.51. The van der Waals surface area contributed by atoms with Crippen LogP contribution in [0.2, 0.25) is 0 Å². The molecule has 0 fully saturated rings. The van der Waals surface area contributed by atoms with Crippen LogP contribution in [-0.2, 0) is 9.53 Å². The van der Waals surface area contributed by atoms with E-state index in [1.807, 2.05) is 23.1 Å². The number of carbonyl (C=O) groups is 1. The van der Waals surface area contributed by atoms with E-state index in [9.17, 15) is 4.79 Å². The van der Waals surface area contributed by atoms with Gasteiger partial charge in [-0.3, -0.25) is 9.69 Å². The molecule has 0 aliphatic carbocycles. The first-order valence-electron chi connectivity index (χ1n) is 7.31. The number of aliphatic hydroxyl groups excluding tert-OH is 1. The molecule has 0 heterocycles. The van der Waals surface area contributed by atoms with E-state index in [0.717, 1.165) is 0 Å². The Labute approximate surface area is 126 Å². The molecule has 0 saturated heterocycles. The Morgan fingerprint density at radius 3 is 2.67 bits per heavy atom. The fourth-order valence-electron chi connectivity index (χ4n) is 2.06. The standard InChI is InChI=1S/C16H26N2O3/c1-14(15-6-4-3-5-7-15)12-17-16(20)13-18(8-10-19)9-11-21-2/h3-7,14,19H,8-13H2,1-2H3,(H,17,20). The van der Waals surface area contributed by atoms with Gasteiger partial charge in [0.2, 0.25) is 5.91 Å². The average molecular weight is 294 g/mol. The van der Waals surface area contributed by atoms with Gasteiger partial charge >= 0.3 is 0 Å². The van der Waals surface area contributed by atoms with Crippen LogP contribution in [0.5, 0.6) is 0 Å². The quantitative estimate of drug-likeness (QED) is 0.671. The molecule has 0 bridgehead atoms. The van der Waals surface area contributed by atoms with E-state index in [1.54, 1.807) is 7.11 Å². The lowest BCUT2D eigenvalue weighted by atomic mass is 10.0. The molecule has 5 nitrogen and oxygen atoms in total. The number of amides is 1. The number of ether oxygens (including phenoxy) is 1. The topological polar surface area (TPSA) is 61.8 Å². The number of rotatable bonds is 10. The van der Waals surface area contributed by atoms with E-state index in [1.165, 1.54) is 5.56 Å². The third-order valence-corrected chi connectivity index (χ3v) is 3.37. The van der Waals surface area contributed by atoms with Crippen molar-refractivity contribution in [1.82, 2.24) is 10.2 Å². The van der Waals surface area contributed by atoms with E-state index < -0.39 is 0 Å². The van der Waals surface area contributed by atoms with Gasteiger partial charge < -0.3 is 15.2 Å². The second-order valence-corrected chi connectivity index (χ2v) is 5.11. The van der Waals surface area contributed by atoms with Gasteiger partial charge in [-0.25, -0.2) is 0 Å². The van der Waals surface area contributed by atoms with Crippen molar-refractivity contribution in [2.24, 2.45) is 0 Å². The normalized spacial score (nSPS) is 12.4. The molecule has 1 aromatic carbocycles. The molecule has 5 heteroatoms. The molecule has 1 rings (SSSR count). The summed E-state index contributed by atoms with van der Waals surface area (Å²) in [7, 11) is 1.62. The summed E-state index contributed by atoms with van der Waals surface area (Å²) in [6.45, 7) is 4.69. The number of hydrogen-bond donors (Lipinski definition) is 2. The lowest BCUT2D eigenvalue weighted by molar-refractivity contribution is -0.122. The Morgan fingerprint density at radius 1 is 1.33 bits per heavy atom. The Kier molecular flexibility index (Phi) is 8.66. The number of benzene rings is 1. The summed E-state index contributed by atoms with van der Waals surface area (Å²) < 4.78 is 5.00. The molecule has 2 N–H and O–H groups in total. The third-order valence-electron chi connectivity index (χ3n) is 3.37. The SMILES string of the molecule is COCCN(CCO)CC(=O)NCC(C)c1ccccc1. The van der Waals surface area contributed by atoms with E-state index in [2.05, 4.69) is 24.4 Å². The highest BCUT2D eigenvalue weighted by Gasteiger charge is 2.11. The number of nitrogens with zero attached hydrogens (tertiary/aromatic N) is 1. The number of nitrogens with one attached hydrogen (secondary N) is 1. The predicted octanol–water partition coefficient (Wildman–Crippen LogP) is 0.847. The molecule has 0 aliphatic rings. The molecule has 0 aromatic heterocycles. The first-order valence-corrected chi connectivity index (χ1v) is 7.31. The van der Waals surface area contributed by atoms with Gasteiger partial charge in [-0.2, -0.15) is 0 Å². The van der Waals surface area contributed by atoms with Crippen LogP contribution in [0.4, 0.5) is 0 Å². The van der Waals surface area contributed by atoms with Crippen molar-refractivity contribution in [3.8, 4) is 0 Å². The molecular formula is C16H26N2O3. The highest BCUT2D eigenvalue weighted by molar-refractivity contribution is 5.78. The predicted molar refractivity (Wildman–Crippen MR) is 83.3 cm³/mol. The Bertz CT molecular complexity index is 398. The maximum Gasteiger partial charge on any atom is 0.234 e. The van der Waals surface area contributed by atoms with Gasteiger partial charge in [0.1, 0.15) is 0 Å². The number of methoxy groups -OCH3 is 1. The van der Waals surface area contributed by atoms with Crippen molar-refractivity contribution in [3.05, 3.63) is 35.9 Å². The summed E-state index contributed by atoms with van der Waals surface area (Å²) in [5, 5.41) is 11.9. The van der Waals surface area contributed by atoms with Crippen LogP contribution in [0.25, 0.3) is 0 Å². The zero-order valence-electron chi connectivity index (χ0n) is 12.9. The fraction of sp³-hybridized carbons (Fsp3) is 0.562. The summed E-state index contributed by atoms with van der Waals surface area (Å²) in [4.78, 5) is 13.8. The van der Waals surface area contributed by atoms with Gasteiger partial charge in [-0.15, -0.1) is 0 Å². The summed E-state index contributed by atoms with van der Waals surface area (Å²) in [5.74, 6) is 0.253.